The largest absolute Gasteiger partial charge is 0.467 e. The van der Waals surface area contributed by atoms with Gasteiger partial charge in [-0.3, -0.25) is 28.8 Å². The molecule has 5 aromatic rings. The zero-order valence-corrected chi connectivity index (χ0v) is 43.3. The van der Waals surface area contributed by atoms with Crippen molar-refractivity contribution in [3.8, 4) is 0 Å². The van der Waals surface area contributed by atoms with Gasteiger partial charge in [-0.2, -0.15) is 11.8 Å². The van der Waals surface area contributed by atoms with Crippen molar-refractivity contribution in [3.05, 3.63) is 179 Å². The van der Waals surface area contributed by atoms with Gasteiger partial charge >= 0.3 is 12.1 Å². The summed E-state index contributed by atoms with van der Waals surface area (Å²) in [6, 6.07) is 35.8. The van der Waals surface area contributed by atoms with Gasteiger partial charge < -0.3 is 47.1 Å². The number of thioether (sulfide) groups is 1. The van der Waals surface area contributed by atoms with Crippen molar-refractivity contribution >= 4 is 59.3 Å². The van der Waals surface area contributed by atoms with Crippen LogP contribution < -0.4 is 37.6 Å². The Hall–Kier alpha value is -7.99. The molecule has 0 fully saturated rings. The van der Waals surface area contributed by atoms with Crippen molar-refractivity contribution in [1.82, 2.24) is 31.9 Å². The Kier molecular flexibility index (Phi) is 23.9. The lowest BCUT2D eigenvalue weighted by atomic mass is 10.0. The Morgan fingerprint density at radius 1 is 0.493 bits per heavy atom. The van der Waals surface area contributed by atoms with E-state index in [-0.39, 0.29) is 38.0 Å². The molecular formula is C57H67N7O10S. The molecule has 0 aliphatic carbocycles. The molecule has 0 saturated carbocycles. The first-order valence-corrected chi connectivity index (χ1v) is 26.0. The number of aryl methyl sites for hydroxylation is 1. The third-order valence-electron chi connectivity index (χ3n) is 11.9. The normalized spacial score (nSPS) is 13.2. The van der Waals surface area contributed by atoms with Crippen LogP contribution >= 0.6 is 11.8 Å². The molecule has 0 radical (unpaired) electrons. The molecule has 18 heteroatoms. The smallest absolute Gasteiger partial charge is 0.408 e. The van der Waals surface area contributed by atoms with E-state index in [1.54, 1.807) is 91.0 Å². The van der Waals surface area contributed by atoms with Crippen molar-refractivity contribution in [2.45, 2.75) is 107 Å². The van der Waals surface area contributed by atoms with Crippen molar-refractivity contribution in [3.63, 3.8) is 0 Å². The molecule has 6 atom stereocenters. The van der Waals surface area contributed by atoms with Gasteiger partial charge in [-0.15, -0.1) is 0 Å². The maximum atomic E-state index is 14.5. The van der Waals surface area contributed by atoms with Crippen LogP contribution in [0.4, 0.5) is 4.79 Å². The summed E-state index contributed by atoms with van der Waals surface area (Å²) in [5, 5.41) is 16.2. The number of rotatable bonds is 29. The number of ether oxygens (including phenoxy) is 2. The molecule has 0 aliphatic heterocycles. The van der Waals surface area contributed by atoms with E-state index >= 15 is 0 Å². The quantitative estimate of drug-likeness (QED) is 0.0317. The Bertz CT molecular complexity index is 2630. The minimum atomic E-state index is -1.62. The second-order valence-corrected chi connectivity index (χ2v) is 19.0. The number of primary amides is 1. The van der Waals surface area contributed by atoms with Crippen molar-refractivity contribution in [1.29, 1.82) is 0 Å². The first kappa shape index (κ1) is 57.9. The number of alkyl carbamates (subject to hydrolysis) is 1. The molecule has 5 rings (SSSR count). The summed E-state index contributed by atoms with van der Waals surface area (Å²) < 4.78 is 10.5. The summed E-state index contributed by atoms with van der Waals surface area (Å²) in [5.41, 5.74) is 10.5. The van der Waals surface area contributed by atoms with E-state index in [9.17, 15) is 38.4 Å². The molecule has 0 aromatic heterocycles. The summed E-state index contributed by atoms with van der Waals surface area (Å²) in [6.45, 7) is 3.81. The minimum absolute atomic E-state index is 0.0455. The van der Waals surface area contributed by atoms with E-state index in [0.29, 0.717) is 24.2 Å². The Labute approximate surface area is 442 Å². The molecule has 396 valence electrons. The topological polar surface area (TPSA) is 253 Å². The first-order valence-electron chi connectivity index (χ1n) is 24.8. The SMILES string of the molecule is CCCC[C@H](NC(=O)[C@H](CSCc1ccc(C)cc1)NC(=O)[C@@H](Cc1ccccc1)NC(=O)OCc1ccccc1)C(=O)N[C@@H](CC(N)=O)C(=O)N[C@@H](Cc1ccccc1)C(=O)N[C@@H](Cc1ccccc1)C(=O)OC. The number of benzene rings is 5. The number of amides is 7. The van der Waals surface area contributed by atoms with E-state index in [2.05, 4.69) is 31.9 Å². The second kappa shape index (κ2) is 30.9. The average molecular weight is 1040 g/mol. The van der Waals surface area contributed by atoms with Gasteiger partial charge in [-0.25, -0.2) is 9.59 Å². The second-order valence-electron chi connectivity index (χ2n) is 18.0. The summed E-state index contributed by atoms with van der Waals surface area (Å²) in [5.74, 6) is -5.08. The van der Waals surface area contributed by atoms with Crippen LogP contribution in [0.2, 0.25) is 0 Å². The molecule has 0 saturated heterocycles. The van der Waals surface area contributed by atoms with Crippen LogP contribution in [0.25, 0.3) is 0 Å². The number of unbranched alkanes of at least 4 members (excludes halogenated alkanes) is 1. The Morgan fingerprint density at radius 3 is 1.41 bits per heavy atom. The van der Waals surface area contributed by atoms with E-state index < -0.39 is 90.2 Å². The lowest BCUT2D eigenvalue weighted by molar-refractivity contribution is -0.145. The molecule has 0 heterocycles. The number of carbonyl (C=O) groups is 8. The summed E-state index contributed by atoms with van der Waals surface area (Å²) in [4.78, 5) is 110. The number of hydrogen-bond acceptors (Lipinski definition) is 11. The lowest BCUT2D eigenvalue weighted by Gasteiger charge is -2.27. The minimum Gasteiger partial charge on any atom is -0.467 e. The summed E-state index contributed by atoms with van der Waals surface area (Å²) in [6.07, 6.45) is -0.289. The van der Waals surface area contributed by atoms with Gasteiger partial charge in [0, 0.05) is 30.8 Å². The van der Waals surface area contributed by atoms with Crippen LogP contribution in [0.5, 0.6) is 0 Å². The van der Waals surface area contributed by atoms with Gasteiger partial charge in [0.2, 0.25) is 35.4 Å². The zero-order valence-electron chi connectivity index (χ0n) is 42.5. The Morgan fingerprint density at radius 2 is 0.907 bits per heavy atom. The number of methoxy groups -OCH3 is 1. The maximum absolute atomic E-state index is 14.5. The van der Waals surface area contributed by atoms with Crippen LogP contribution in [0, 0.1) is 6.92 Å². The maximum Gasteiger partial charge on any atom is 0.408 e. The van der Waals surface area contributed by atoms with Crippen LogP contribution in [-0.4, -0.2) is 96.6 Å². The van der Waals surface area contributed by atoms with Gasteiger partial charge in [0.15, 0.2) is 0 Å². The highest BCUT2D eigenvalue weighted by atomic mass is 32.2. The average Bonchev–Trinajstić information content (AvgIpc) is 3.41. The molecule has 7 amide bonds. The van der Waals surface area contributed by atoms with Gasteiger partial charge in [0.05, 0.1) is 13.5 Å². The molecule has 0 aliphatic rings. The van der Waals surface area contributed by atoms with E-state index in [4.69, 9.17) is 15.2 Å². The van der Waals surface area contributed by atoms with E-state index in [0.717, 1.165) is 27.8 Å². The monoisotopic (exact) mass is 1040 g/mol. The van der Waals surface area contributed by atoms with Crippen LogP contribution in [-0.2, 0) is 74.7 Å². The molecule has 0 bridgehead atoms. The van der Waals surface area contributed by atoms with E-state index in [1.165, 1.54) is 18.9 Å². The fourth-order valence-electron chi connectivity index (χ4n) is 7.82. The van der Waals surface area contributed by atoms with Crippen molar-refractivity contribution in [2.24, 2.45) is 5.73 Å². The number of hydrogen-bond donors (Lipinski definition) is 7. The predicted molar refractivity (Wildman–Crippen MR) is 286 cm³/mol. The zero-order chi connectivity index (χ0) is 54.0. The van der Waals surface area contributed by atoms with E-state index in [1.807, 2.05) is 68.4 Å². The highest BCUT2D eigenvalue weighted by molar-refractivity contribution is 7.98. The van der Waals surface area contributed by atoms with Gasteiger partial charge in [0.25, 0.3) is 0 Å². The van der Waals surface area contributed by atoms with Crippen molar-refractivity contribution < 1.29 is 47.8 Å². The lowest BCUT2D eigenvalue weighted by Crippen LogP contribution is -2.60. The Balaban J connectivity index is 1.36. The number of carbonyl (C=O) groups excluding carboxylic acids is 8. The molecule has 0 spiro atoms. The number of nitrogens with one attached hydrogen (secondary N) is 6. The van der Waals surface area contributed by atoms with Crippen LogP contribution in [0.3, 0.4) is 0 Å². The molecule has 5 aromatic carbocycles. The third-order valence-corrected chi connectivity index (χ3v) is 13.0. The molecular weight excluding hydrogens is 975 g/mol. The number of esters is 1. The molecule has 17 nitrogen and oxygen atoms in total. The van der Waals surface area contributed by atoms with Gasteiger partial charge in [-0.05, 0) is 41.2 Å². The molecule has 75 heavy (non-hydrogen) atoms. The summed E-state index contributed by atoms with van der Waals surface area (Å²) >= 11 is 1.36. The molecule has 8 N–H and O–H groups in total. The third kappa shape index (κ3) is 20.4. The summed E-state index contributed by atoms with van der Waals surface area (Å²) in [7, 11) is 1.19. The first-order chi connectivity index (χ1) is 36.2. The van der Waals surface area contributed by atoms with Gasteiger partial charge in [0.1, 0.15) is 42.9 Å². The molecule has 0 unspecified atom stereocenters. The standard InChI is InChI=1S/C57H67N7O10S/c1-4-5-26-44(51(66)61-47(34-50(58)65)54(69)60-45(31-39-18-10-6-11-19-39)52(67)62-48(56(71)73-3)33-41-22-14-8-15-23-41)59-55(70)49(37-75-36-43-29-27-38(2)28-30-43)63-53(68)46(32-40-20-12-7-13-21-40)64-57(72)74-35-42-24-16-9-17-25-42/h6-25,27-30,44-49H,4-5,26,31-37H2,1-3H3,(H2,58,65)(H,59,70)(H,60,69)(H,61,66)(H,62,67)(H,63,68)(H,64,72)/t44-,45-,46+,47-,48-,49-/m0/s1. The fourth-order valence-corrected chi connectivity index (χ4v) is 8.84. The van der Waals surface area contributed by atoms with Crippen molar-refractivity contribution in [2.75, 3.05) is 12.9 Å². The van der Waals surface area contributed by atoms with Crippen LogP contribution in [0.1, 0.15) is 66.0 Å². The number of nitrogens with two attached hydrogens (primary N) is 1. The highest BCUT2D eigenvalue weighted by Gasteiger charge is 2.34. The van der Waals surface area contributed by atoms with Crippen LogP contribution in [0.15, 0.2) is 146 Å². The fraction of sp³-hybridized carbons (Fsp3) is 0.333. The highest BCUT2D eigenvalue weighted by Crippen LogP contribution is 2.16. The van der Waals surface area contributed by atoms with Gasteiger partial charge in [-0.1, -0.05) is 171 Å². The predicted octanol–water partition coefficient (Wildman–Crippen LogP) is 4.91.